The van der Waals surface area contributed by atoms with Gasteiger partial charge in [-0.2, -0.15) is 0 Å². The van der Waals surface area contributed by atoms with Crippen LogP contribution in [0.5, 0.6) is 11.5 Å². The first-order valence-electron chi connectivity index (χ1n) is 13.2. The van der Waals surface area contributed by atoms with E-state index >= 15 is 0 Å². The van der Waals surface area contributed by atoms with E-state index in [1.54, 1.807) is 12.1 Å². The van der Waals surface area contributed by atoms with Crippen LogP contribution in [0.2, 0.25) is 0 Å². The number of hydrogen-bond donors (Lipinski definition) is 3. The normalized spacial score (nSPS) is 12.1. The summed E-state index contributed by atoms with van der Waals surface area (Å²) in [5.41, 5.74) is 0.519. The molecule has 0 spiro atoms. The zero-order valence-electron chi connectivity index (χ0n) is 21.4. The monoisotopic (exact) mass is 477 g/mol. The molecule has 0 aromatic heterocycles. The van der Waals surface area contributed by atoms with E-state index in [9.17, 15) is 9.90 Å². The predicted octanol–water partition coefficient (Wildman–Crippen LogP) is 5.80. The molecule has 1 unspecified atom stereocenters. The molecular formula is C28H47NO5. The maximum absolute atomic E-state index is 12.5. The molecule has 1 atom stereocenters. The molecule has 0 saturated carbocycles. The highest BCUT2D eigenvalue weighted by atomic mass is 16.5. The summed E-state index contributed by atoms with van der Waals surface area (Å²) >= 11 is 0. The quantitative estimate of drug-likeness (QED) is 0.111. The van der Waals surface area contributed by atoms with Crippen molar-refractivity contribution in [3.63, 3.8) is 0 Å². The Morgan fingerprint density at radius 2 is 1.44 bits per heavy atom. The number of nitrogens with one attached hydrogen (secondary N) is 1. The number of carbonyl (C=O) groups is 1. The first-order chi connectivity index (χ1) is 16.6. The second-order valence-corrected chi connectivity index (χ2v) is 8.84. The molecule has 0 radical (unpaired) electrons. The van der Waals surface area contributed by atoms with Crippen LogP contribution >= 0.6 is 0 Å². The van der Waals surface area contributed by atoms with Crippen molar-refractivity contribution in [2.24, 2.45) is 0 Å². The third-order valence-electron chi connectivity index (χ3n) is 5.66. The number of aliphatic hydroxyl groups excluding tert-OH is 2. The van der Waals surface area contributed by atoms with Gasteiger partial charge in [-0.3, -0.25) is 4.79 Å². The lowest BCUT2D eigenvalue weighted by molar-refractivity contribution is 0.0969. The van der Waals surface area contributed by atoms with Gasteiger partial charge in [0.2, 0.25) is 0 Å². The zero-order chi connectivity index (χ0) is 24.9. The molecule has 0 bridgehead atoms. The van der Waals surface area contributed by atoms with E-state index in [0.717, 1.165) is 25.7 Å². The first kappa shape index (κ1) is 30.0. The second-order valence-electron chi connectivity index (χ2n) is 8.84. The molecule has 194 valence electrons. The summed E-state index contributed by atoms with van der Waals surface area (Å²) in [6.07, 6.45) is 16.4. The van der Waals surface area contributed by atoms with Crippen molar-refractivity contribution in [1.29, 1.82) is 0 Å². The van der Waals surface area contributed by atoms with Gasteiger partial charge < -0.3 is 25.0 Å². The summed E-state index contributed by atoms with van der Waals surface area (Å²) < 4.78 is 12.0. The van der Waals surface area contributed by atoms with Gasteiger partial charge in [0.25, 0.3) is 0 Å². The van der Waals surface area contributed by atoms with Crippen molar-refractivity contribution in [1.82, 2.24) is 5.32 Å². The molecular weight excluding hydrogens is 430 g/mol. The fourth-order valence-electron chi connectivity index (χ4n) is 3.52. The number of rotatable bonds is 22. The summed E-state index contributed by atoms with van der Waals surface area (Å²) in [5, 5.41) is 21.0. The number of hydrogen-bond acceptors (Lipinski definition) is 6. The highest BCUT2D eigenvalue weighted by molar-refractivity contribution is 6.04. The van der Waals surface area contributed by atoms with E-state index in [1.165, 1.54) is 63.6 Å². The summed E-state index contributed by atoms with van der Waals surface area (Å²) in [4.78, 5) is 12.5. The van der Waals surface area contributed by atoms with Gasteiger partial charge in [0.05, 0.1) is 25.9 Å². The maximum atomic E-state index is 12.5. The van der Waals surface area contributed by atoms with Gasteiger partial charge in [-0.15, -0.1) is 0 Å². The highest BCUT2D eigenvalue weighted by Gasteiger charge is 2.11. The van der Waals surface area contributed by atoms with Crippen molar-refractivity contribution in [3.8, 4) is 11.5 Å². The van der Waals surface area contributed by atoms with Crippen molar-refractivity contribution in [3.05, 3.63) is 36.0 Å². The van der Waals surface area contributed by atoms with Crippen LogP contribution in [0.25, 0.3) is 0 Å². The van der Waals surface area contributed by atoms with Crippen LogP contribution < -0.4 is 14.8 Å². The third-order valence-corrected chi connectivity index (χ3v) is 5.66. The van der Waals surface area contributed by atoms with Crippen molar-refractivity contribution >= 4 is 5.78 Å². The van der Waals surface area contributed by atoms with E-state index < -0.39 is 6.10 Å². The smallest absolute Gasteiger partial charge is 0.187 e. The molecule has 0 aliphatic carbocycles. The zero-order valence-corrected chi connectivity index (χ0v) is 21.4. The molecule has 0 saturated heterocycles. The Balaban J connectivity index is 2.64. The molecule has 3 N–H and O–H groups in total. The lowest BCUT2D eigenvalue weighted by Crippen LogP contribution is -2.26. The molecule has 1 aromatic carbocycles. The molecule has 1 rings (SSSR count). The fraction of sp³-hybridized carbons (Fsp3) is 0.679. The minimum atomic E-state index is -0.857. The van der Waals surface area contributed by atoms with E-state index in [0.29, 0.717) is 30.3 Å². The fourth-order valence-corrected chi connectivity index (χ4v) is 3.52. The number of allylic oxidation sites excluding steroid dienone is 1. The number of unbranched alkanes of at least 4 members (excludes halogenated alkanes) is 10. The van der Waals surface area contributed by atoms with E-state index in [-0.39, 0.29) is 18.9 Å². The summed E-state index contributed by atoms with van der Waals surface area (Å²) in [5.74, 6) is 1.13. The van der Waals surface area contributed by atoms with Crippen LogP contribution in [0.4, 0.5) is 0 Å². The highest BCUT2D eigenvalue weighted by Crippen LogP contribution is 2.29. The van der Waals surface area contributed by atoms with Crippen LogP contribution in [-0.4, -0.2) is 48.5 Å². The molecule has 6 nitrogen and oxygen atoms in total. The van der Waals surface area contributed by atoms with E-state index in [4.69, 9.17) is 14.6 Å². The Kier molecular flexibility index (Phi) is 17.9. The van der Waals surface area contributed by atoms with E-state index in [2.05, 4.69) is 19.2 Å². The number of ketones is 1. The van der Waals surface area contributed by atoms with Gasteiger partial charge in [0.1, 0.15) is 0 Å². The molecule has 6 heteroatoms. The van der Waals surface area contributed by atoms with Crippen LogP contribution in [0, 0.1) is 0 Å². The number of carbonyl (C=O) groups excluding carboxylic acids is 1. The van der Waals surface area contributed by atoms with Crippen LogP contribution in [0.3, 0.4) is 0 Å². The molecule has 0 amide bonds. The molecule has 0 heterocycles. The predicted molar refractivity (Wildman–Crippen MR) is 139 cm³/mol. The number of aliphatic hydroxyl groups is 2. The van der Waals surface area contributed by atoms with Gasteiger partial charge >= 0.3 is 0 Å². The minimum absolute atomic E-state index is 0.169. The van der Waals surface area contributed by atoms with Crippen molar-refractivity contribution in [2.75, 3.05) is 26.4 Å². The first-order valence-corrected chi connectivity index (χ1v) is 13.2. The van der Waals surface area contributed by atoms with Crippen molar-refractivity contribution < 1.29 is 24.5 Å². The summed E-state index contributed by atoms with van der Waals surface area (Å²) in [7, 11) is 0. The van der Waals surface area contributed by atoms with Crippen LogP contribution in [0.15, 0.2) is 30.5 Å². The Hall–Kier alpha value is -2.05. The Bertz CT molecular complexity index is 677. The van der Waals surface area contributed by atoms with Gasteiger partial charge in [-0.25, -0.2) is 0 Å². The molecule has 0 fully saturated rings. The van der Waals surface area contributed by atoms with Gasteiger partial charge in [-0.1, -0.05) is 78.1 Å². The standard InChI is InChI=1S/C28H47NO5/c1-3-5-7-9-11-13-19-33-27-16-15-24(26(32)17-18-29-22-25(31)23-30)21-28(27)34-20-14-12-10-8-6-4-2/h15-18,21,25,29-31H,3-14,19-20,22-23H2,1-2H3/b18-17+. The molecule has 0 aliphatic rings. The van der Waals surface area contributed by atoms with Gasteiger partial charge in [0.15, 0.2) is 17.3 Å². The van der Waals surface area contributed by atoms with Gasteiger partial charge in [0, 0.05) is 24.4 Å². The largest absolute Gasteiger partial charge is 0.490 e. The average Bonchev–Trinajstić information content (AvgIpc) is 2.85. The van der Waals surface area contributed by atoms with Gasteiger partial charge in [-0.05, 0) is 31.0 Å². The Morgan fingerprint density at radius 3 is 2.03 bits per heavy atom. The second kappa shape index (κ2) is 20.3. The SMILES string of the molecule is CCCCCCCCOc1ccc(C(=O)/C=C/NCC(O)CO)cc1OCCCCCCCC. The molecule has 34 heavy (non-hydrogen) atoms. The average molecular weight is 478 g/mol. The molecule has 0 aliphatic heterocycles. The van der Waals surface area contributed by atoms with Crippen LogP contribution in [0.1, 0.15) is 101 Å². The lowest BCUT2D eigenvalue weighted by atomic mass is 10.1. The summed E-state index contributed by atoms with van der Waals surface area (Å²) in [6.45, 7) is 5.54. The Morgan fingerprint density at radius 1 is 0.882 bits per heavy atom. The number of ether oxygens (including phenoxy) is 2. The lowest BCUT2D eigenvalue weighted by Gasteiger charge is -2.14. The third kappa shape index (κ3) is 14.3. The Labute approximate surface area is 206 Å². The maximum Gasteiger partial charge on any atom is 0.187 e. The number of benzene rings is 1. The minimum Gasteiger partial charge on any atom is -0.490 e. The van der Waals surface area contributed by atoms with Crippen LogP contribution in [-0.2, 0) is 0 Å². The molecule has 1 aromatic rings. The topological polar surface area (TPSA) is 88.0 Å². The van der Waals surface area contributed by atoms with Crippen molar-refractivity contribution in [2.45, 2.75) is 97.0 Å². The summed E-state index contributed by atoms with van der Waals surface area (Å²) in [6, 6.07) is 5.32. The van der Waals surface area contributed by atoms with E-state index in [1.807, 2.05) is 6.07 Å².